The van der Waals surface area contributed by atoms with Crippen molar-refractivity contribution in [3.8, 4) is 0 Å². The Bertz CT molecular complexity index is 782. The van der Waals surface area contributed by atoms with Crippen LogP contribution in [-0.2, 0) is 29.1 Å². The number of sulfonamides is 1. The summed E-state index contributed by atoms with van der Waals surface area (Å²) in [4.78, 5) is 34.7. The Kier molecular flexibility index (Phi) is 8.32. The summed E-state index contributed by atoms with van der Waals surface area (Å²) in [5.74, 6) is -2.64. The highest BCUT2D eigenvalue weighted by Gasteiger charge is 2.24. The predicted octanol–water partition coefficient (Wildman–Crippen LogP) is -0.370. The summed E-state index contributed by atoms with van der Waals surface area (Å²) in [5, 5.41) is 4.86. The molecule has 150 valence electrons. The Morgan fingerprint density at radius 3 is 2.37 bits per heavy atom. The summed E-state index contributed by atoms with van der Waals surface area (Å²) < 4.78 is 42.9. The molecule has 11 heteroatoms. The number of nitrogens with one attached hydrogen (secondary N) is 2. The van der Waals surface area contributed by atoms with Gasteiger partial charge in [0.15, 0.2) is 6.61 Å². The van der Waals surface area contributed by atoms with Crippen LogP contribution < -0.4 is 10.6 Å². The fourth-order valence-electron chi connectivity index (χ4n) is 1.92. The molecule has 0 fully saturated rings. The van der Waals surface area contributed by atoms with Crippen molar-refractivity contribution in [1.82, 2.24) is 14.9 Å². The summed E-state index contributed by atoms with van der Waals surface area (Å²) in [7, 11) is -2.86. The van der Waals surface area contributed by atoms with Gasteiger partial charge >= 0.3 is 5.97 Å². The molecule has 1 rings (SSSR count). The molecule has 2 N–H and O–H groups in total. The number of carbonyl (C=O) groups excluding carboxylic acids is 3. The van der Waals surface area contributed by atoms with Crippen LogP contribution in [0, 0.1) is 5.82 Å². The molecule has 0 saturated carbocycles. The molecular weight excluding hydrogens is 381 g/mol. The molecule has 0 saturated heterocycles. The maximum atomic E-state index is 12.9. The lowest BCUT2D eigenvalue weighted by molar-refractivity contribution is -0.148. The second-order valence-electron chi connectivity index (χ2n) is 5.56. The number of carbonyl (C=O) groups is 3. The smallest absolute Gasteiger partial charge is 0.321 e. The van der Waals surface area contributed by atoms with E-state index in [1.807, 2.05) is 0 Å². The molecule has 1 atom stereocenters. The van der Waals surface area contributed by atoms with Crippen molar-refractivity contribution in [2.45, 2.75) is 24.8 Å². The fraction of sp³-hybridized carbons (Fsp3) is 0.438. The average Bonchev–Trinajstić information content (AvgIpc) is 2.60. The minimum absolute atomic E-state index is 0.187. The average molecular weight is 403 g/mol. The number of amides is 2. The van der Waals surface area contributed by atoms with E-state index in [0.717, 1.165) is 35.6 Å². The van der Waals surface area contributed by atoms with E-state index < -0.39 is 46.9 Å². The van der Waals surface area contributed by atoms with Crippen LogP contribution in [0.3, 0.4) is 0 Å². The first kappa shape index (κ1) is 22.5. The number of benzene rings is 1. The van der Waals surface area contributed by atoms with Crippen LogP contribution in [0.5, 0.6) is 0 Å². The van der Waals surface area contributed by atoms with Crippen LogP contribution in [0.2, 0.25) is 0 Å². The molecule has 0 heterocycles. The quantitative estimate of drug-likeness (QED) is 0.543. The SMILES string of the molecule is CCNC(=O)[C@H](C)NC(=O)COC(=O)CN(C)S(=O)(=O)c1ccc(F)cc1. The zero-order valence-corrected chi connectivity index (χ0v) is 16.0. The largest absolute Gasteiger partial charge is 0.455 e. The Balaban J connectivity index is 2.53. The zero-order valence-electron chi connectivity index (χ0n) is 15.2. The highest BCUT2D eigenvalue weighted by atomic mass is 32.2. The van der Waals surface area contributed by atoms with Crippen LogP contribution in [0.4, 0.5) is 4.39 Å². The van der Waals surface area contributed by atoms with E-state index in [-0.39, 0.29) is 10.8 Å². The molecule has 0 bridgehead atoms. The van der Waals surface area contributed by atoms with Gasteiger partial charge in [0.25, 0.3) is 5.91 Å². The first-order chi connectivity index (χ1) is 12.6. The first-order valence-corrected chi connectivity index (χ1v) is 9.46. The zero-order chi connectivity index (χ0) is 20.6. The summed E-state index contributed by atoms with van der Waals surface area (Å²) in [6, 6.07) is 3.31. The van der Waals surface area contributed by atoms with Gasteiger partial charge in [-0.05, 0) is 38.1 Å². The minimum atomic E-state index is -4.01. The number of nitrogens with zero attached hydrogens (tertiary/aromatic N) is 1. The second-order valence-corrected chi connectivity index (χ2v) is 7.60. The number of halogens is 1. The van der Waals surface area contributed by atoms with Gasteiger partial charge < -0.3 is 15.4 Å². The first-order valence-electron chi connectivity index (χ1n) is 8.02. The third-order valence-electron chi connectivity index (χ3n) is 3.36. The molecule has 27 heavy (non-hydrogen) atoms. The van der Waals surface area contributed by atoms with Crippen molar-refractivity contribution in [1.29, 1.82) is 0 Å². The van der Waals surface area contributed by atoms with Crippen LogP contribution in [0.15, 0.2) is 29.2 Å². The Morgan fingerprint density at radius 1 is 1.22 bits per heavy atom. The van der Waals surface area contributed by atoms with E-state index >= 15 is 0 Å². The molecule has 0 spiro atoms. The van der Waals surface area contributed by atoms with E-state index in [2.05, 4.69) is 10.6 Å². The molecule has 1 aromatic rings. The normalized spacial score (nSPS) is 12.3. The minimum Gasteiger partial charge on any atom is -0.455 e. The van der Waals surface area contributed by atoms with Gasteiger partial charge in [0.2, 0.25) is 15.9 Å². The van der Waals surface area contributed by atoms with Gasteiger partial charge in [-0.15, -0.1) is 0 Å². The van der Waals surface area contributed by atoms with E-state index in [1.54, 1.807) is 6.92 Å². The van der Waals surface area contributed by atoms with E-state index in [9.17, 15) is 27.2 Å². The van der Waals surface area contributed by atoms with Gasteiger partial charge in [-0.1, -0.05) is 0 Å². The molecule has 0 aliphatic heterocycles. The van der Waals surface area contributed by atoms with Crippen molar-refractivity contribution < 1.29 is 31.9 Å². The van der Waals surface area contributed by atoms with Crippen molar-refractivity contribution in [3.05, 3.63) is 30.1 Å². The van der Waals surface area contributed by atoms with Gasteiger partial charge in [-0.3, -0.25) is 14.4 Å². The lowest BCUT2D eigenvalue weighted by Crippen LogP contribution is -2.46. The standard InChI is InChI=1S/C16H22FN3O6S/c1-4-18-16(23)11(2)19-14(21)10-26-15(22)9-20(3)27(24,25)13-7-5-12(17)6-8-13/h5-8,11H,4,9-10H2,1-3H3,(H,18,23)(H,19,21)/t11-/m0/s1. The molecule has 0 aliphatic rings. The van der Waals surface area contributed by atoms with Gasteiger partial charge in [-0.25, -0.2) is 12.8 Å². The predicted molar refractivity (Wildman–Crippen MR) is 93.5 cm³/mol. The Hall–Kier alpha value is -2.53. The molecule has 0 unspecified atom stereocenters. The molecule has 0 aromatic heterocycles. The molecule has 9 nitrogen and oxygen atoms in total. The highest BCUT2D eigenvalue weighted by Crippen LogP contribution is 2.14. The van der Waals surface area contributed by atoms with E-state index in [4.69, 9.17) is 4.74 Å². The second kappa shape index (κ2) is 9.97. The molecule has 2 amide bonds. The lowest BCUT2D eigenvalue weighted by Gasteiger charge is -2.17. The third kappa shape index (κ3) is 6.94. The van der Waals surface area contributed by atoms with Crippen molar-refractivity contribution in [2.24, 2.45) is 0 Å². The van der Waals surface area contributed by atoms with Crippen LogP contribution in [0.25, 0.3) is 0 Å². The van der Waals surface area contributed by atoms with Gasteiger partial charge in [0.05, 0.1) is 4.90 Å². The molecule has 1 aromatic carbocycles. The maximum absolute atomic E-state index is 12.9. The maximum Gasteiger partial charge on any atom is 0.321 e. The molecule has 0 aliphatic carbocycles. The van der Waals surface area contributed by atoms with Gasteiger partial charge in [0.1, 0.15) is 18.4 Å². The number of likely N-dealkylation sites (N-methyl/N-ethyl adjacent to an activating group) is 2. The fourth-order valence-corrected chi connectivity index (χ4v) is 3.04. The van der Waals surface area contributed by atoms with Crippen LogP contribution in [0.1, 0.15) is 13.8 Å². The number of esters is 1. The van der Waals surface area contributed by atoms with Crippen LogP contribution in [-0.4, -0.2) is 63.3 Å². The summed E-state index contributed by atoms with van der Waals surface area (Å²) in [5.41, 5.74) is 0. The summed E-state index contributed by atoms with van der Waals surface area (Å²) in [6.07, 6.45) is 0. The lowest BCUT2D eigenvalue weighted by atomic mass is 10.3. The summed E-state index contributed by atoms with van der Waals surface area (Å²) >= 11 is 0. The monoisotopic (exact) mass is 403 g/mol. The highest BCUT2D eigenvalue weighted by molar-refractivity contribution is 7.89. The van der Waals surface area contributed by atoms with Gasteiger partial charge in [0, 0.05) is 13.6 Å². The number of ether oxygens (including phenoxy) is 1. The van der Waals surface area contributed by atoms with Gasteiger partial charge in [-0.2, -0.15) is 4.31 Å². The number of rotatable bonds is 9. The Labute approximate surface area is 156 Å². The number of hydrogen-bond acceptors (Lipinski definition) is 6. The van der Waals surface area contributed by atoms with E-state index in [1.165, 1.54) is 6.92 Å². The summed E-state index contributed by atoms with van der Waals surface area (Å²) in [6.45, 7) is 2.30. The van der Waals surface area contributed by atoms with Crippen LogP contribution >= 0.6 is 0 Å². The molecular formula is C16H22FN3O6S. The topological polar surface area (TPSA) is 122 Å². The Morgan fingerprint density at radius 2 is 1.81 bits per heavy atom. The van der Waals surface area contributed by atoms with Crippen molar-refractivity contribution in [2.75, 3.05) is 26.7 Å². The van der Waals surface area contributed by atoms with E-state index in [0.29, 0.717) is 6.54 Å². The molecule has 0 radical (unpaired) electrons. The van der Waals surface area contributed by atoms with Crippen molar-refractivity contribution in [3.63, 3.8) is 0 Å². The van der Waals surface area contributed by atoms with Crippen molar-refractivity contribution >= 4 is 27.8 Å². The number of hydrogen-bond donors (Lipinski definition) is 2. The third-order valence-corrected chi connectivity index (χ3v) is 5.18.